The Morgan fingerprint density at radius 3 is 2.53 bits per heavy atom. The van der Waals surface area contributed by atoms with E-state index in [4.69, 9.17) is 9.26 Å². The number of amides is 1. The van der Waals surface area contributed by atoms with Gasteiger partial charge in [-0.25, -0.2) is 0 Å². The highest BCUT2D eigenvalue weighted by molar-refractivity contribution is 5.77. The van der Waals surface area contributed by atoms with Gasteiger partial charge in [-0.15, -0.1) is 0 Å². The number of ether oxygens (including phenoxy) is 1. The fraction of sp³-hybridized carbons (Fsp3) is 0.300. The number of hydrogen-bond acceptors (Lipinski definition) is 5. The molecule has 5 rings (SSSR count). The molecule has 1 aliphatic rings. The van der Waals surface area contributed by atoms with Crippen LogP contribution in [0.2, 0.25) is 0 Å². The van der Waals surface area contributed by atoms with Gasteiger partial charge in [-0.3, -0.25) is 4.79 Å². The molecule has 1 aliphatic carbocycles. The summed E-state index contributed by atoms with van der Waals surface area (Å²) in [4.78, 5) is 16.7. The summed E-state index contributed by atoms with van der Waals surface area (Å²) in [6.45, 7) is 2.86. The molecular weight excluding hydrogens is 450 g/mol. The van der Waals surface area contributed by atoms with Crippen molar-refractivity contribution in [3.63, 3.8) is 0 Å². The number of hydrogen-bond donors (Lipinski definition) is 1. The number of carbonyl (C=O) groups excluding carboxylic acids is 1. The Labute approximate surface area is 211 Å². The molecule has 6 heteroatoms. The monoisotopic (exact) mass is 481 g/mol. The first-order valence-corrected chi connectivity index (χ1v) is 12.7. The Hall–Kier alpha value is -3.93. The van der Waals surface area contributed by atoms with Gasteiger partial charge in [0.25, 0.3) is 11.8 Å². The first-order valence-electron chi connectivity index (χ1n) is 12.7. The van der Waals surface area contributed by atoms with Crippen LogP contribution < -0.4 is 10.1 Å². The Kier molecular flexibility index (Phi) is 7.41. The lowest BCUT2D eigenvalue weighted by molar-refractivity contribution is -0.123. The maximum absolute atomic E-state index is 12.1. The molecule has 1 saturated carbocycles. The van der Waals surface area contributed by atoms with Gasteiger partial charge < -0.3 is 14.6 Å². The van der Waals surface area contributed by atoms with E-state index < -0.39 is 0 Å². The molecule has 4 aromatic rings. The Balaban J connectivity index is 1.19. The summed E-state index contributed by atoms with van der Waals surface area (Å²) in [6, 6.07) is 23.8. The Morgan fingerprint density at radius 2 is 1.72 bits per heavy atom. The Morgan fingerprint density at radius 1 is 0.944 bits per heavy atom. The van der Waals surface area contributed by atoms with Crippen LogP contribution >= 0.6 is 0 Å². The number of aromatic nitrogens is 2. The molecule has 0 atom stereocenters. The van der Waals surface area contributed by atoms with E-state index in [1.807, 2.05) is 48.5 Å². The van der Waals surface area contributed by atoms with Crippen molar-refractivity contribution in [1.29, 1.82) is 0 Å². The predicted molar refractivity (Wildman–Crippen MR) is 140 cm³/mol. The van der Waals surface area contributed by atoms with Crippen LogP contribution in [0.4, 0.5) is 0 Å². The lowest BCUT2D eigenvalue weighted by Crippen LogP contribution is -2.33. The molecule has 0 unspecified atom stereocenters. The fourth-order valence-corrected chi connectivity index (χ4v) is 4.72. The molecule has 3 aromatic carbocycles. The van der Waals surface area contributed by atoms with Crippen molar-refractivity contribution >= 4 is 5.91 Å². The quantitative estimate of drug-likeness (QED) is 0.313. The van der Waals surface area contributed by atoms with E-state index in [2.05, 4.69) is 46.6 Å². The second kappa shape index (κ2) is 11.2. The van der Waals surface area contributed by atoms with Gasteiger partial charge >= 0.3 is 0 Å². The molecule has 1 fully saturated rings. The second-order valence-electron chi connectivity index (χ2n) is 9.44. The van der Waals surface area contributed by atoms with Crippen molar-refractivity contribution in [3.05, 3.63) is 78.4 Å². The van der Waals surface area contributed by atoms with Crippen molar-refractivity contribution in [2.75, 3.05) is 13.2 Å². The molecule has 0 aliphatic heterocycles. The maximum atomic E-state index is 12.1. The van der Waals surface area contributed by atoms with E-state index in [1.165, 1.54) is 43.2 Å². The van der Waals surface area contributed by atoms with Gasteiger partial charge in [0, 0.05) is 17.7 Å². The van der Waals surface area contributed by atoms with E-state index in [1.54, 1.807) is 0 Å². The zero-order valence-electron chi connectivity index (χ0n) is 20.6. The molecule has 6 nitrogen and oxygen atoms in total. The number of nitrogens with zero attached hydrogens (tertiary/aromatic N) is 2. The SMILES string of the molecule is Cc1ccccc1-c1cccc(-c2noc(-c3ccc(OCC(=O)NCC4CCCCC4)cc3)n2)c1. The maximum Gasteiger partial charge on any atom is 0.258 e. The third kappa shape index (κ3) is 5.82. The van der Waals surface area contributed by atoms with Crippen LogP contribution in [0.3, 0.4) is 0 Å². The van der Waals surface area contributed by atoms with Gasteiger partial charge in [-0.1, -0.05) is 66.9 Å². The van der Waals surface area contributed by atoms with Crippen LogP contribution in [0, 0.1) is 12.8 Å². The summed E-state index contributed by atoms with van der Waals surface area (Å²) in [5.74, 6) is 2.11. The minimum Gasteiger partial charge on any atom is -0.484 e. The van der Waals surface area contributed by atoms with Gasteiger partial charge in [0.1, 0.15) is 5.75 Å². The second-order valence-corrected chi connectivity index (χ2v) is 9.44. The molecular formula is C30H31N3O3. The number of benzene rings is 3. The van der Waals surface area contributed by atoms with Gasteiger partial charge in [0.15, 0.2) is 6.61 Å². The van der Waals surface area contributed by atoms with Gasteiger partial charge in [0.05, 0.1) is 0 Å². The Bertz CT molecular complexity index is 1310. The highest BCUT2D eigenvalue weighted by Gasteiger charge is 2.15. The largest absolute Gasteiger partial charge is 0.484 e. The van der Waals surface area contributed by atoms with Gasteiger partial charge in [-0.2, -0.15) is 4.98 Å². The summed E-state index contributed by atoms with van der Waals surface area (Å²) >= 11 is 0. The fourth-order valence-electron chi connectivity index (χ4n) is 4.72. The average Bonchev–Trinajstić information content (AvgIpc) is 3.42. The van der Waals surface area contributed by atoms with E-state index in [0.29, 0.717) is 23.4 Å². The molecule has 184 valence electrons. The standard InChI is InChI=1S/C30H31N3O3/c1-21-8-5-6-13-27(21)24-11-7-12-25(18-24)29-32-30(36-33-29)23-14-16-26(17-15-23)35-20-28(34)31-19-22-9-3-2-4-10-22/h5-8,11-18,22H,2-4,9-10,19-20H2,1H3,(H,31,34). The summed E-state index contributed by atoms with van der Waals surface area (Å²) in [7, 11) is 0. The summed E-state index contributed by atoms with van der Waals surface area (Å²) in [6.07, 6.45) is 6.27. The third-order valence-corrected chi connectivity index (χ3v) is 6.79. The molecule has 1 amide bonds. The normalized spacial score (nSPS) is 13.9. The molecule has 1 aromatic heterocycles. The number of carbonyl (C=O) groups is 1. The zero-order valence-corrected chi connectivity index (χ0v) is 20.6. The first-order chi connectivity index (χ1) is 17.7. The molecule has 1 heterocycles. The lowest BCUT2D eigenvalue weighted by Gasteiger charge is -2.21. The molecule has 0 saturated heterocycles. The van der Waals surface area contributed by atoms with Crippen LogP contribution in [0.5, 0.6) is 5.75 Å². The molecule has 0 spiro atoms. The van der Waals surface area contributed by atoms with E-state index in [9.17, 15) is 4.79 Å². The van der Waals surface area contributed by atoms with Crippen LogP contribution in [0.25, 0.3) is 34.0 Å². The van der Waals surface area contributed by atoms with Gasteiger partial charge in [0.2, 0.25) is 5.82 Å². The van der Waals surface area contributed by atoms with Gasteiger partial charge in [-0.05, 0) is 72.7 Å². The van der Waals surface area contributed by atoms with Crippen LogP contribution in [0.15, 0.2) is 77.3 Å². The van der Waals surface area contributed by atoms with Crippen molar-refractivity contribution in [2.24, 2.45) is 5.92 Å². The molecule has 1 N–H and O–H groups in total. The first kappa shape index (κ1) is 23.8. The third-order valence-electron chi connectivity index (χ3n) is 6.79. The lowest BCUT2D eigenvalue weighted by atomic mass is 9.89. The predicted octanol–water partition coefficient (Wildman–Crippen LogP) is 6.45. The van der Waals surface area contributed by atoms with E-state index in [0.717, 1.165) is 23.2 Å². The van der Waals surface area contributed by atoms with E-state index in [-0.39, 0.29) is 12.5 Å². The molecule has 36 heavy (non-hydrogen) atoms. The summed E-state index contributed by atoms with van der Waals surface area (Å²) in [5.41, 5.74) is 5.19. The summed E-state index contributed by atoms with van der Waals surface area (Å²) in [5, 5.41) is 7.19. The van der Waals surface area contributed by atoms with Crippen LogP contribution in [0.1, 0.15) is 37.7 Å². The van der Waals surface area contributed by atoms with Crippen molar-refractivity contribution in [3.8, 4) is 39.7 Å². The number of nitrogens with one attached hydrogen (secondary N) is 1. The van der Waals surface area contributed by atoms with Crippen molar-refractivity contribution in [2.45, 2.75) is 39.0 Å². The topological polar surface area (TPSA) is 77.2 Å². The number of rotatable bonds is 8. The molecule has 0 radical (unpaired) electrons. The zero-order chi connectivity index (χ0) is 24.7. The average molecular weight is 482 g/mol. The molecule has 0 bridgehead atoms. The minimum atomic E-state index is -0.0841. The van der Waals surface area contributed by atoms with Crippen molar-refractivity contribution < 1.29 is 14.1 Å². The smallest absolute Gasteiger partial charge is 0.258 e. The highest BCUT2D eigenvalue weighted by Crippen LogP contribution is 2.29. The number of aryl methyl sites for hydroxylation is 1. The van der Waals surface area contributed by atoms with Crippen LogP contribution in [-0.2, 0) is 4.79 Å². The van der Waals surface area contributed by atoms with E-state index >= 15 is 0 Å². The van der Waals surface area contributed by atoms with Crippen LogP contribution in [-0.4, -0.2) is 29.2 Å². The highest BCUT2D eigenvalue weighted by atomic mass is 16.5. The van der Waals surface area contributed by atoms with Crippen molar-refractivity contribution in [1.82, 2.24) is 15.5 Å². The minimum absolute atomic E-state index is 0.00794. The summed E-state index contributed by atoms with van der Waals surface area (Å²) < 4.78 is 11.2.